The van der Waals surface area contributed by atoms with Crippen LogP contribution in [0.1, 0.15) is 33.5 Å². The second kappa shape index (κ2) is 7.62. The minimum atomic E-state index is -0.698. The lowest BCUT2D eigenvalue weighted by Gasteiger charge is -2.24. The van der Waals surface area contributed by atoms with E-state index in [-0.39, 0.29) is 24.1 Å². The molecule has 1 aliphatic heterocycles. The Balaban J connectivity index is 1.63. The standard InChI is InChI=1S/C22H21FN4O3/c1-26-16-6-4-3-5-14(16)11-17(26)20-25-18(19(28)22(30)27(20)2)21(29)24-12-13-7-9-15(23)10-8-13/h3-10,17,28H,11-12H2,1-2H3,(H,24,29). The van der Waals surface area contributed by atoms with Crippen LogP contribution in [0.25, 0.3) is 0 Å². The fourth-order valence-electron chi connectivity index (χ4n) is 3.74. The maximum atomic E-state index is 13.0. The molecule has 1 aliphatic rings. The van der Waals surface area contributed by atoms with Gasteiger partial charge in [0.2, 0.25) is 5.75 Å². The predicted molar refractivity (Wildman–Crippen MR) is 110 cm³/mol. The zero-order chi connectivity index (χ0) is 21.4. The van der Waals surface area contributed by atoms with Gasteiger partial charge < -0.3 is 15.3 Å². The molecule has 2 N–H and O–H groups in total. The lowest BCUT2D eigenvalue weighted by atomic mass is 10.1. The molecule has 0 bridgehead atoms. The highest BCUT2D eigenvalue weighted by atomic mass is 19.1. The third kappa shape index (κ3) is 3.41. The number of carbonyl (C=O) groups excluding carboxylic acids is 1. The van der Waals surface area contributed by atoms with Crippen molar-refractivity contribution in [3.8, 4) is 5.75 Å². The first kappa shape index (κ1) is 19.6. The van der Waals surface area contributed by atoms with Crippen molar-refractivity contribution in [2.24, 2.45) is 7.05 Å². The van der Waals surface area contributed by atoms with Crippen molar-refractivity contribution in [3.05, 3.63) is 87.3 Å². The van der Waals surface area contributed by atoms with Crippen molar-refractivity contribution in [1.29, 1.82) is 0 Å². The summed E-state index contributed by atoms with van der Waals surface area (Å²) in [6, 6.07) is 13.3. The number of nitrogens with zero attached hydrogens (tertiary/aromatic N) is 3. The fraction of sp³-hybridized carbons (Fsp3) is 0.227. The number of aromatic nitrogens is 2. The van der Waals surface area contributed by atoms with E-state index in [0.717, 1.165) is 11.3 Å². The number of halogens is 1. The number of likely N-dealkylation sites (N-methyl/N-ethyl adjacent to an activating group) is 1. The van der Waals surface area contributed by atoms with Gasteiger partial charge in [-0.15, -0.1) is 0 Å². The van der Waals surface area contributed by atoms with E-state index in [1.54, 1.807) is 12.1 Å². The molecule has 7 nitrogen and oxygen atoms in total. The summed E-state index contributed by atoms with van der Waals surface area (Å²) in [5.74, 6) is -1.35. The number of amides is 1. The number of hydrogen-bond donors (Lipinski definition) is 2. The largest absolute Gasteiger partial charge is 0.501 e. The summed E-state index contributed by atoms with van der Waals surface area (Å²) in [7, 11) is 3.44. The molecule has 0 aliphatic carbocycles. The first-order chi connectivity index (χ1) is 14.4. The molecule has 0 saturated carbocycles. The Bertz CT molecular complexity index is 1170. The topological polar surface area (TPSA) is 87.5 Å². The molecule has 8 heteroatoms. The van der Waals surface area contributed by atoms with E-state index in [0.29, 0.717) is 17.8 Å². The summed E-state index contributed by atoms with van der Waals surface area (Å²) in [6.45, 7) is 0.111. The SMILES string of the molecule is CN1c2ccccc2CC1c1nc(C(=O)NCc2ccc(F)cc2)c(O)c(=O)n1C. The van der Waals surface area contributed by atoms with E-state index in [1.807, 2.05) is 36.2 Å². The Hall–Kier alpha value is -3.68. The van der Waals surface area contributed by atoms with Gasteiger partial charge in [0.1, 0.15) is 11.6 Å². The molecule has 0 radical (unpaired) electrons. The van der Waals surface area contributed by atoms with Gasteiger partial charge in [-0.05, 0) is 29.3 Å². The number of hydrogen-bond acceptors (Lipinski definition) is 5. The second-order valence-corrected chi connectivity index (χ2v) is 7.30. The van der Waals surface area contributed by atoms with Gasteiger partial charge in [0.05, 0.1) is 6.04 Å². The van der Waals surface area contributed by atoms with Gasteiger partial charge in [-0.2, -0.15) is 0 Å². The summed E-state index contributed by atoms with van der Waals surface area (Å²) >= 11 is 0. The molecule has 4 rings (SSSR count). The van der Waals surface area contributed by atoms with Gasteiger partial charge in [0, 0.05) is 32.7 Å². The Labute approximate surface area is 172 Å². The first-order valence-corrected chi connectivity index (χ1v) is 9.50. The van der Waals surface area contributed by atoms with Gasteiger partial charge in [0.25, 0.3) is 11.5 Å². The van der Waals surface area contributed by atoms with E-state index in [9.17, 15) is 19.1 Å². The number of rotatable bonds is 4. The predicted octanol–water partition coefficient (Wildman–Crippen LogP) is 2.29. The van der Waals surface area contributed by atoms with Crippen LogP contribution in [-0.2, 0) is 20.0 Å². The fourth-order valence-corrected chi connectivity index (χ4v) is 3.74. The summed E-state index contributed by atoms with van der Waals surface area (Å²) < 4.78 is 14.3. The monoisotopic (exact) mass is 408 g/mol. The molecule has 0 saturated heterocycles. The van der Waals surface area contributed by atoms with Gasteiger partial charge in [0.15, 0.2) is 5.69 Å². The third-order valence-electron chi connectivity index (χ3n) is 5.43. The second-order valence-electron chi connectivity index (χ2n) is 7.30. The smallest absolute Gasteiger partial charge is 0.296 e. The molecule has 30 heavy (non-hydrogen) atoms. The van der Waals surface area contributed by atoms with Crippen LogP contribution in [-0.4, -0.2) is 27.6 Å². The molecule has 3 aromatic rings. The first-order valence-electron chi connectivity index (χ1n) is 9.50. The van der Waals surface area contributed by atoms with E-state index < -0.39 is 17.2 Å². The van der Waals surface area contributed by atoms with Crippen molar-refractivity contribution in [3.63, 3.8) is 0 Å². The van der Waals surface area contributed by atoms with Crippen LogP contribution in [0, 0.1) is 5.82 Å². The zero-order valence-corrected chi connectivity index (χ0v) is 16.6. The molecular weight excluding hydrogens is 387 g/mol. The van der Waals surface area contributed by atoms with Crippen molar-refractivity contribution < 1.29 is 14.3 Å². The van der Waals surface area contributed by atoms with Gasteiger partial charge in [-0.3, -0.25) is 14.2 Å². The third-order valence-corrected chi connectivity index (χ3v) is 5.43. The van der Waals surface area contributed by atoms with E-state index in [1.165, 1.54) is 23.7 Å². The minimum absolute atomic E-state index is 0.111. The maximum Gasteiger partial charge on any atom is 0.296 e. The van der Waals surface area contributed by atoms with E-state index in [4.69, 9.17) is 0 Å². The number of para-hydroxylation sites is 1. The number of carbonyl (C=O) groups is 1. The molecule has 1 amide bonds. The summed E-state index contributed by atoms with van der Waals surface area (Å²) in [4.78, 5) is 31.6. The summed E-state index contributed by atoms with van der Waals surface area (Å²) in [6.07, 6.45) is 0.633. The van der Waals surface area contributed by atoms with Crippen molar-refractivity contribution in [2.75, 3.05) is 11.9 Å². The quantitative estimate of drug-likeness (QED) is 0.692. The number of benzene rings is 2. The highest BCUT2D eigenvalue weighted by Crippen LogP contribution is 2.38. The van der Waals surface area contributed by atoms with Crippen LogP contribution in [0.5, 0.6) is 5.75 Å². The van der Waals surface area contributed by atoms with Crippen LogP contribution in [0.2, 0.25) is 0 Å². The van der Waals surface area contributed by atoms with Crippen LogP contribution in [0.4, 0.5) is 10.1 Å². The normalized spacial score (nSPS) is 15.2. The summed E-state index contributed by atoms with van der Waals surface area (Å²) in [5, 5.41) is 12.9. The summed E-state index contributed by atoms with van der Waals surface area (Å²) in [5.41, 5.74) is 1.83. The molecule has 154 valence electrons. The van der Waals surface area contributed by atoms with Crippen LogP contribution >= 0.6 is 0 Å². The maximum absolute atomic E-state index is 13.0. The van der Waals surface area contributed by atoms with Crippen LogP contribution < -0.4 is 15.8 Å². The highest BCUT2D eigenvalue weighted by molar-refractivity contribution is 5.94. The Morgan fingerprint density at radius 1 is 1.20 bits per heavy atom. The van der Waals surface area contributed by atoms with Gasteiger partial charge in [-0.1, -0.05) is 30.3 Å². The molecule has 1 unspecified atom stereocenters. The van der Waals surface area contributed by atoms with E-state index in [2.05, 4.69) is 10.3 Å². The Morgan fingerprint density at radius 2 is 1.90 bits per heavy atom. The Kier molecular flexibility index (Phi) is 4.99. The molecular formula is C22H21FN4O3. The number of aromatic hydroxyl groups is 1. The number of nitrogens with one attached hydrogen (secondary N) is 1. The average molecular weight is 408 g/mol. The lowest BCUT2D eigenvalue weighted by Crippen LogP contribution is -2.33. The Morgan fingerprint density at radius 3 is 2.60 bits per heavy atom. The molecule has 2 aromatic carbocycles. The lowest BCUT2D eigenvalue weighted by molar-refractivity contribution is 0.0941. The average Bonchev–Trinajstić information content (AvgIpc) is 3.08. The zero-order valence-electron chi connectivity index (χ0n) is 16.6. The van der Waals surface area contributed by atoms with Crippen molar-refractivity contribution in [2.45, 2.75) is 19.0 Å². The van der Waals surface area contributed by atoms with Crippen LogP contribution in [0.3, 0.4) is 0 Å². The van der Waals surface area contributed by atoms with Gasteiger partial charge in [-0.25, -0.2) is 9.37 Å². The van der Waals surface area contributed by atoms with Gasteiger partial charge >= 0.3 is 0 Å². The van der Waals surface area contributed by atoms with E-state index >= 15 is 0 Å². The molecule has 0 fully saturated rings. The molecule has 1 aromatic heterocycles. The molecule has 1 atom stereocenters. The molecule has 0 spiro atoms. The van der Waals surface area contributed by atoms with Crippen LogP contribution in [0.15, 0.2) is 53.3 Å². The highest BCUT2D eigenvalue weighted by Gasteiger charge is 2.32. The molecule has 2 heterocycles. The van der Waals surface area contributed by atoms with Crippen molar-refractivity contribution >= 4 is 11.6 Å². The number of anilines is 1. The minimum Gasteiger partial charge on any atom is -0.501 e. The van der Waals surface area contributed by atoms with Crippen molar-refractivity contribution in [1.82, 2.24) is 14.9 Å². The number of fused-ring (bicyclic) bond motifs is 1.